The van der Waals surface area contributed by atoms with Crippen molar-refractivity contribution < 1.29 is 9.32 Å². The molecule has 0 bridgehead atoms. The van der Waals surface area contributed by atoms with Gasteiger partial charge in [-0.2, -0.15) is 0 Å². The zero-order valence-electron chi connectivity index (χ0n) is 12.2. The van der Waals surface area contributed by atoms with Crippen LogP contribution >= 0.6 is 15.9 Å². The van der Waals surface area contributed by atoms with Crippen molar-refractivity contribution in [2.75, 3.05) is 0 Å². The summed E-state index contributed by atoms with van der Waals surface area (Å²) in [6.45, 7) is 3.83. The Morgan fingerprint density at radius 1 is 1.38 bits per heavy atom. The molecule has 1 amide bonds. The van der Waals surface area contributed by atoms with Crippen LogP contribution in [0.2, 0.25) is 0 Å². The van der Waals surface area contributed by atoms with Crippen LogP contribution in [0.15, 0.2) is 39.3 Å². The fraction of sp³-hybridized carbons (Fsp3) is 0.375. The number of benzene rings is 1. The molecule has 5 heteroatoms. The molecule has 1 unspecified atom stereocenters. The number of amides is 1. The molecule has 1 aromatic heterocycles. The highest BCUT2D eigenvalue weighted by Gasteiger charge is 2.10. The van der Waals surface area contributed by atoms with Crippen LogP contribution in [0.1, 0.15) is 30.4 Å². The van der Waals surface area contributed by atoms with Gasteiger partial charge < -0.3 is 9.84 Å². The molecule has 1 heterocycles. The summed E-state index contributed by atoms with van der Waals surface area (Å²) in [6.07, 6.45) is 2.11. The van der Waals surface area contributed by atoms with E-state index in [1.807, 2.05) is 26.0 Å². The van der Waals surface area contributed by atoms with Crippen molar-refractivity contribution in [1.82, 2.24) is 10.5 Å². The average Bonchev–Trinajstić information content (AvgIpc) is 2.83. The minimum absolute atomic E-state index is 0.0217. The first-order valence-corrected chi connectivity index (χ1v) is 7.78. The van der Waals surface area contributed by atoms with Crippen molar-refractivity contribution in [3.05, 3.63) is 51.8 Å². The van der Waals surface area contributed by atoms with Crippen molar-refractivity contribution in [1.29, 1.82) is 0 Å². The number of aromatic nitrogens is 1. The Balaban J connectivity index is 1.74. The Kier molecular flexibility index (Phi) is 5.56. The normalized spacial score (nSPS) is 12.1. The molecule has 0 spiro atoms. The summed E-state index contributed by atoms with van der Waals surface area (Å²) in [7, 11) is 0. The number of halogens is 1. The first kappa shape index (κ1) is 15.8. The number of hydrogen-bond donors (Lipinski definition) is 1. The number of carbonyl (C=O) groups is 1. The molecule has 1 aromatic carbocycles. The van der Waals surface area contributed by atoms with E-state index in [-0.39, 0.29) is 18.4 Å². The smallest absolute Gasteiger partial charge is 0.226 e. The minimum atomic E-state index is -0.0217. The molecule has 1 atom stereocenters. The maximum atomic E-state index is 11.9. The second-order valence-electron chi connectivity index (χ2n) is 5.24. The third kappa shape index (κ3) is 5.34. The number of hydrogen-bond acceptors (Lipinski definition) is 3. The number of carbonyl (C=O) groups excluding carboxylic acids is 1. The zero-order chi connectivity index (χ0) is 15.2. The van der Waals surface area contributed by atoms with Crippen molar-refractivity contribution >= 4 is 21.8 Å². The average molecular weight is 351 g/mol. The van der Waals surface area contributed by atoms with E-state index in [1.54, 1.807) is 6.07 Å². The van der Waals surface area contributed by atoms with Crippen LogP contribution in [0.3, 0.4) is 0 Å². The van der Waals surface area contributed by atoms with Gasteiger partial charge >= 0.3 is 0 Å². The molecule has 0 aliphatic carbocycles. The molecule has 0 saturated carbocycles. The lowest BCUT2D eigenvalue weighted by atomic mass is 10.1. The van der Waals surface area contributed by atoms with Gasteiger partial charge in [0, 0.05) is 16.6 Å². The largest absolute Gasteiger partial charge is 0.361 e. The molecule has 0 saturated heterocycles. The van der Waals surface area contributed by atoms with Crippen LogP contribution < -0.4 is 5.32 Å². The van der Waals surface area contributed by atoms with Crippen LogP contribution in [0.25, 0.3) is 0 Å². The van der Waals surface area contributed by atoms with Crippen molar-refractivity contribution in [3.8, 4) is 0 Å². The van der Waals surface area contributed by atoms with Crippen LogP contribution in [-0.4, -0.2) is 17.1 Å². The maximum Gasteiger partial charge on any atom is 0.226 e. The monoisotopic (exact) mass is 350 g/mol. The van der Waals surface area contributed by atoms with Gasteiger partial charge in [-0.05, 0) is 44.4 Å². The number of nitrogens with one attached hydrogen (secondary N) is 1. The van der Waals surface area contributed by atoms with Gasteiger partial charge in [0.15, 0.2) is 0 Å². The van der Waals surface area contributed by atoms with Gasteiger partial charge in [-0.3, -0.25) is 4.79 Å². The molecule has 0 fully saturated rings. The number of rotatable bonds is 6. The van der Waals surface area contributed by atoms with Crippen molar-refractivity contribution in [3.63, 3.8) is 0 Å². The fourth-order valence-corrected chi connectivity index (χ4v) is 2.36. The third-order valence-electron chi connectivity index (χ3n) is 3.21. The van der Waals surface area contributed by atoms with Crippen molar-refractivity contribution in [2.24, 2.45) is 0 Å². The van der Waals surface area contributed by atoms with Crippen LogP contribution in [0.5, 0.6) is 0 Å². The van der Waals surface area contributed by atoms with Gasteiger partial charge in [-0.15, -0.1) is 0 Å². The molecule has 2 rings (SSSR count). The Bertz CT molecular complexity index is 593. The predicted molar refractivity (Wildman–Crippen MR) is 85.0 cm³/mol. The molecule has 21 heavy (non-hydrogen) atoms. The first-order valence-electron chi connectivity index (χ1n) is 6.99. The van der Waals surface area contributed by atoms with E-state index in [0.29, 0.717) is 5.69 Å². The lowest BCUT2D eigenvalue weighted by Gasteiger charge is -2.13. The molecule has 112 valence electrons. The SMILES string of the molecule is Cc1cc(CC(=O)NC(C)CCc2ccc(Br)cc2)no1. The molecule has 4 nitrogen and oxygen atoms in total. The van der Waals surface area contributed by atoms with Gasteiger partial charge in [0.1, 0.15) is 5.76 Å². The molecule has 0 aliphatic rings. The highest BCUT2D eigenvalue weighted by molar-refractivity contribution is 9.10. The van der Waals surface area contributed by atoms with E-state index in [1.165, 1.54) is 5.56 Å². The lowest BCUT2D eigenvalue weighted by Crippen LogP contribution is -2.34. The summed E-state index contributed by atoms with van der Waals surface area (Å²) in [4.78, 5) is 11.9. The summed E-state index contributed by atoms with van der Waals surface area (Å²) >= 11 is 3.42. The van der Waals surface area contributed by atoms with E-state index in [9.17, 15) is 4.79 Å². The second kappa shape index (κ2) is 7.41. The standard InChI is InChI=1S/C16H19BrN2O2/c1-11(3-4-13-5-7-14(17)8-6-13)18-16(20)10-15-9-12(2)21-19-15/h5-9,11H,3-4,10H2,1-2H3,(H,18,20). The van der Waals surface area contributed by atoms with Crippen LogP contribution in [0.4, 0.5) is 0 Å². The molecule has 0 radical (unpaired) electrons. The van der Waals surface area contributed by atoms with E-state index in [2.05, 4.69) is 38.5 Å². The zero-order valence-corrected chi connectivity index (χ0v) is 13.8. The first-order chi connectivity index (χ1) is 10.0. The Morgan fingerprint density at radius 2 is 2.10 bits per heavy atom. The highest BCUT2D eigenvalue weighted by Crippen LogP contribution is 2.12. The lowest BCUT2D eigenvalue weighted by molar-refractivity contribution is -0.121. The van der Waals surface area contributed by atoms with Gasteiger partial charge in [0.05, 0.1) is 12.1 Å². The summed E-state index contributed by atoms with van der Waals surface area (Å²) in [5.41, 5.74) is 1.94. The molecular weight excluding hydrogens is 332 g/mol. The summed E-state index contributed by atoms with van der Waals surface area (Å²) in [6, 6.07) is 10.2. The van der Waals surface area contributed by atoms with E-state index >= 15 is 0 Å². The van der Waals surface area contributed by atoms with E-state index in [4.69, 9.17) is 4.52 Å². The van der Waals surface area contributed by atoms with Crippen LogP contribution in [0, 0.1) is 6.92 Å². The van der Waals surface area contributed by atoms with Gasteiger partial charge in [0.25, 0.3) is 0 Å². The second-order valence-corrected chi connectivity index (χ2v) is 6.16. The third-order valence-corrected chi connectivity index (χ3v) is 3.73. The number of nitrogens with zero attached hydrogens (tertiary/aromatic N) is 1. The summed E-state index contributed by atoms with van der Waals surface area (Å²) < 4.78 is 6.03. The highest BCUT2D eigenvalue weighted by atomic mass is 79.9. The Morgan fingerprint density at radius 3 is 2.71 bits per heavy atom. The van der Waals surface area contributed by atoms with E-state index < -0.39 is 0 Å². The maximum absolute atomic E-state index is 11.9. The number of aryl methyl sites for hydroxylation is 2. The molecule has 1 N–H and O–H groups in total. The van der Waals surface area contributed by atoms with Gasteiger partial charge in [-0.25, -0.2) is 0 Å². The Hall–Kier alpha value is -1.62. The molecule has 2 aromatic rings. The Labute approximate surface area is 133 Å². The predicted octanol–water partition coefficient (Wildman–Crippen LogP) is 3.43. The van der Waals surface area contributed by atoms with E-state index in [0.717, 1.165) is 23.1 Å². The van der Waals surface area contributed by atoms with Crippen molar-refractivity contribution in [2.45, 2.75) is 39.2 Å². The molecular formula is C16H19BrN2O2. The topological polar surface area (TPSA) is 55.1 Å². The fourth-order valence-electron chi connectivity index (χ4n) is 2.10. The molecule has 0 aliphatic heterocycles. The quantitative estimate of drug-likeness (QED) is 0.868. The minimum Gasteiger partial charge on any atom is -0.361 e. The van der Waals surface area contributed by atoms with Crippen LogP contribution in [-0.2, 0) is 17.6 Å². The van der Waals surface area contributed by atoms with Gasteiger partial charge in [0.2, 0.25) is 5.91 Å². The summed E-state index contributed by atoms with van der Waals surface area (Å²) in [5.74, 6) is 0.702. The van der Waals surface area contributed by atoms with Gasteiger partial charge in [-0.1, -0.05) is 33.2 Å². The summed E-state index contributed by atoms with van der Waals surface area (Å²) in [5, 5.41) is 6.81.